The first-order chi connectivity index (χ1) is 12.1. The van der Waals surface area contributed by atoms with Crippen LogP contribution in [0.4, 0.5) is 5.13 Å². The Labute approximate surface area is 148 Å². The van der Waals surface area contributed by atoms with Gasteiger partial charge >= 0.3 is 0 Å². The molecule has 2 heterocycles. The summed E-state index contributed by atoms with van der Waals surface area (Å²) in [5, 5.41) is 5.87. The van der Waals surface area contributed by atoms with Gasteiger partial charge in [0, 0.05) is 0 Å². The van der Waals surface area contributed by atoms with Gasteiger partial charge in [-0.05, 0) is 49.1 Å². The van der Waals surface area contributed by atoms with Crippen LogP contribution in [0.1, 0.15) is 16.7 Å². The summed E-state index contributed by atoms with van der Waals surface area (Å²) < 4.78 is 1.09. The Kier molecular flexibility index (Phi) is 3.82. The first kappa shape index (κ1) is 15.5. The van der Waals surface area contributed by atoms with Gasteiger partial charge in [-0.15, -0.1) is 0 Å². The number of para-hydroxylation sites is 1. The summed E-state index contributed by atoms with van der Waals surface area (Å²) in [5.74, 6) is 0. The number of fused-ring (bicyclic) bond motifs is 2. The van der Waals surface area contributed by atoms with Gasteiger partial charge in [0.05, 0.1) is 27.5 Å². The zero-order valence-electron chi connectivity index (χ0n) is 13.8. The van der Waals surface area contributed by atoms with Gasteiger partial charge in [-0.1, -0.05) is 35.1 Å². The second-order valence-electron chi connectivity index (χ2n) is 5.96. The number of hydrogen-bond donors (Lipinski definition) is 2. The van der Waals surface area contributed by atoms with Crippen molar-refractivity contribution in [1.29, 1.82) is 0 Å². The van der Waals surface area contributed by atoms with Gasteiger partial charge in [0.15, 0.2) is 0 Å². The highest BCUT2D eigenvalue weighted by molar-refractivity contribution is 7.22. The molecule has 2 aromatic heterocycles. The van der Waals surface area contributed by atoms with Crippen LogP contribution in [0.3, 0.4) is 0 Å². The normalized spacial score (nSPS) is 11.6. The molecule has 0 saturated heterocycles. The fraction of sp³-hybridized carbons (Fsp3) is 0.105. The van der Waals surface area contributed by atoms with Gasteiger partial charge in [-0.2, -0.15) is 5.10 Å². The third kappa shape index (κ3) is 3.04. The van der Waals surface area contributed by atoms with E-state index in [1.165, 1.54) is 17.6 Å². The van der Waals surface area contributed by atoms with E-state index < -0.39 is 0 Å². The fourth-order valence-electron chi connectivity index (χ4n) is 2.88. The first-order valence-electron chi connectivity index (χ1n) is 7.89. The molecule has 0 spiro atoms. The number of hydrogen-bond acceptors (Lipinski definition) is 5. The lowest BCUT2D eigenvalue weighted by Gasteiger charge is -2.05. The quantitative estimate of drug-likeness (QED) is 0.430. The molecule has 6 heteroatoms. The SMILES string of the molecule is Cc1cc(C)c2[nH]c(=O)c(/C=N\Nc3nc4ccccc4s3)cc2c1. The number of anilines is 1. The van der Waals surface area contributed by atoms with Crippen molar-refractivity contribution in [2.45, 2.75) is 13.8 Å². The molecule has 0 saturated carbocycles. The number of aromatic nitrogens is 2. The summed E-state index contributed by atoms with van der Waals surface area (Å²) >= 11 is 1.52. The standard InChI is InChI=1S/C19H16N4OS/c1-11-7-12(2)17-13(8-11)9-14(18(24)22-17)10-20-23-19-21-15-5-3-4-6-16(15)25-19/h3-10H,1-2H3,(H,21,23)(H,22,24)/b20-10-. The van der Waals surface area contributed by atoms with Crippen LogP contribution < -0.4 is 11.0 Å². The molecular weight excluding hydrogens is 332 g/mol. The van der Waals surface area contributed by atoms with E-state index in [-0.39, 0.29) is 5.56 Å². The van der Waals surface area contributed by atoms with Gasteiger partial charge in [0.25, 0.3) is 5.56 Å². The van der Waals surface area contributed by atoms with E-state index in [9.17, 15) is 4.79 Å². The number of nitrogens with one attached hydrogen (secondary N) is 2. The summed E-state index contributed by atoms with van der Waals surface area (Å²) in [6.07, 6.45) is 1.53. The molecule has 2 aromatic carbocycles. The van der Waals surface area contributed by atoms with E-state index in [0.29, 0.717) is 10.7 Å². The predicted octanol–water partition coefficient (Wildman–Crippen LogP) is 4.20. The van der Waals surface area contributed by atoms with Gasteiger partial charge < -0.3 is 4.98 Å². The van der Waals surface area contributed by atoms with Gasteiger partial charge in [-0.3, -0.25) is 10.2 Å². The monoisotopic (exact) mass is 348 g/mol. The molecule has 0 unspecified atom stereocenters. The van der Waals surface area contributed by atoms with Gasteiger partial charge in [0.1, 0.15) is 0 Å². The Balaban J connectivity index is 1.64. The molecule has 124 valence electrons. The largest absolute Gasteiger partial charge is 0.321 e. The molecule has 5 nitrogen and oxygen atoms in total. The van der Waals surface area contributed by atoms with Crippen LogP contribution in [0.2, 0.25) is 0 Å². The molecular formula is C19H16N4OS. The molecule has 4 rings (SSSR count). The van der Waals surface area contributed by atoms with Crippen LogP contribution in [0.25, 0.3) is 21.1 Å². The van der Waals surface area contributed by atoms with E-state index in [1.54, 1.807) is 0 Å². The number of aromatic amines is 1. The highest BCUT2D eigenvalue weighted by Crippen LogP contribution is 2.25. The second kappa shape index (κ2) is 6.14. The Morgan fingerprint density at radius 2 is 2.04 bits per heavy atom. The Morgan fingerprint density at radius 1 is 1.20 bits per heavy atom. The molecule has 0 radical (unpaired) electrons. The fourth-order valence-corrected chi connectivity index (χ4v) is 3.69. The van der Waals surface area contributed by atoms with E-state index >= 15 is 0 Å². The van der Waals surface area contributed by atoms with Crippen LogP contribution in [-0.4, -0.2) is 16.2 Å². The van der Waals surface area contributed by atoms with Crippen LogP contribution in [0.15, 0.2) is 52.4 Å². The smallest absolute Gasteiger partial charge is 0.257 e. The molecule has 25 heavy (non-hydrogen) atoms. The minimum absolute atomic E-state index is 0.158. The molecule has 2 N–H and O–H groups in total. The number of aryl methyl sites for hydroxylation is 2. The third-order valence-electron chi connectivity index (χ3n) is 3.98. The molecule has 4 aromatic rings. The van der Waals surface area contributed by atoms with Crippen molar-refractivity contribution in [3.63, 3.8) is 0 Å². The summed E-state index contributed by atoms with van der Waals surface area (Å²) in [7, 11) is 0. The van der Waals surface area contributed by atoms with Crippen molar-refractivity contribution in [3.05, 3.63) is 69.5 Å². The molecule has 0 atom stereocenters. The predicted molar refractivity (Wildman–Crippen MR) is 105 cm³/mol. The van der Waals surface area contributed by atoms with E-state index in [2.05, 4.69) is 32.6 Å². The van der Waals surface area contributed by atoms with Crippen molar-refractivity contribution < 1.29 is 0 Å². The Morgan fingerprint density at radius 3 is 2.88 bits per heavy atom. The average Bonchev–Trinajstić information content (AvgIpc) is 2.99. The van der Waals surface area contributed by atoms with Gasteiger partial charge in [-0.25, -0.2) is 4.98 Å². The van der Waals surface area contributed by atoms with Crippen molar-refractivity contribution in [1.82, 2.24) is 9.97 Å². The van der Waals surface area contributed by atoms with Crippen molar-refractivity contribution in [3.8, 4) is 0 Å². The van der Waals surface area contributed by atoms with Crippen LogP contribution in [0.5, 0.6) is 0 Å². The molecule has 0 amide bonds. The first-order valence-corrected chi connectivity index (χ1v) is 8.71. The zero-order valence-corrected chi connectivity index (χ0v) is 14.6. The molecule has 0 aliphatic heterocycles. The lowest BCUT2D eigenvalue weighted by Crippen LogP contribution is -2.12. The molecule has 0 bridgehead atoms. The number of benzene rings is 2. The van der Waals surface area contributed by atoms with Crippen molar-refractivity contribution in [2.75, 3.05) is 5.43 Å². The zero-order chi connectivity index (χ0) is 17.4. The highest BCUT2D eigenvalue weighted by atomic mass is 32.1. The second-order valence-corrected chi connectivity index (χ2v) is 6.99. The number of nitrogens with zero attached hydrogens (tertiary/aromatic N) is 2. The maximum absolute atomic E-state index is 12.3. The Hall–Kier alpha value is -2.99. The van der Waals surface area contributed by atoms with Crippen molar-refractivity contribution in [2.24, 2.45) is 5.10 Å². The summed E-state index contributed by atoms with van der Waals surface area (Å²) in [6, 6.07) is 13.9. The number of rotatable bonds is 3. The van der Waals surface area contributed by atoms with E-state index in [0.717, 1.165) is 32.2 Å². The molecule has 0 aliphatic carbocycles. The maximum atomic E-state index is 12.3. The van der Waals surface area contributed by atoms with Crippen LogP contribution >= 0.6 is 11.3 Å². The molecule has 0 fully saturated rings. The van der Waals surface area contributed by atoms with Crippen LogP contribution in [0, 0.1) is 13.8 Å². The topological polar surface area (TPSA) is 70.1 Å². The lowest BCUT2D eigenvalue weighted by atomic mass is 10.1. The summed E-state index contributed by atoms with van der Waals surface area (Å²) in [6.45, 7) is 4.04. The number of pyridine rings is 1. The number of thiazole rings is 1. The Bertz CT molecular complexity index is 1140. The summed E-state index contributed by atoms with van der Waals surface area (Å²) in [5.41, 5.74) is 7.27. The average molecular weight is 348 g/mol. The maximum Gasteiger partial charge on any atom is 0.257 e. The highest BCUT2D eigenvalue weighted by Gasteiger charge is 2.05. The van der Waals surface area contributed by atoms with Gasteiger partial charge in [0.2, 0.25) is 5.13 Å². The number of H-pyrrole nitrogens is 1. The summed E-state index contributed by atoms with van der Waals surface area (Å²) in [4.78, 5) is 19.6. The third-order valence-corrected chi connectivity index (χ3v) is 4.92. The number of hydrazone groups is 1. The minimum Gasteiger partial charge on any atom is -0.321 e. The van der Waals surface area contributed by atoms with Crippen LogP contribution in [-0.2, 0) is 0 Å². The molecule has 0 aliphatic rings. The minimum atomic E-state index is -0.158. The van der Waals surface area contributed by atoms with Crippen molar-refractivity contribution >= 4 is 43.8 Å². The lowest BCUT2D eigenvalue weighted by molar-refractivity contribution is 1.25. The van der Waals surface area contributed by atoms with E-state index in [4.69, 9.17) is 0 Å². The van der Waals surface area contributed by atoms with E-state index in [1.807, 2.05) is 44.2 Å².